The van der Waals surface area contributed by atoms with Crippen LogP contribution in [0.25, 0.3) is 0 Å². The van der Waals surface area contributed by atoms with Crippen LogP contribution < -0.4 is 10.6 Å². The van der Waals surface area contributed by atoms with Gasteiger partial charge in [-0.25, -0.2) is 4.79 Å². The van der Waals surface area contributed by atoms with Gasteiger partial charge in [0.1, 0.15) is 0 Å². The van der Waals surface area contributed by atoms with Gasteiger partial charge in [0.15, 0.2) is 0 Å². The summed E-state index contributed by atoms with van der Waals surface area (Å²) in [6.45, 7) is 1.70. The van der Waals surface area contributed by atoms with Crippen molar-refractivity contribution in [2.24, 2.45) is 0 Å². The molecule has 140 valence electrons. The van der Waals surface area contributed by atoms with E-state index in [4.69, 9.17) is 0 Å². The van der Waals surface area contributed by atoms with Gasteiger partial charge in [-0.15, -0.1) is 0 Å². The van der Waals surface area contributed by atoms with Gasteiger partial charge < -0.3 is 15.4 Å². The summed E-state index contributed by atoms with van der Waals surface area (Å²) in [7, 11) is 2.65. The number of nitro groups is 1. The maximum atomic E-state index is 12.5. The van der Waals surface area contributed by atoms with Crippen molar-refractivity contribution in [3.05, 3.63) is 68.8 Å². The van der Waals surface area contributed by atoms with E-state index >= 15 is 0 Å². The number of carbonyl (C=O) groups excluding carboxylic acids is 3. The number of esters is 1. The standard InChI is InChI=1S/C18H17N3O6/c1-10-6-11(16(22)19-2)4-5-15(10)20-17(23)12-7-13(18(24)27-3)9-14(8-12)21(25)26/h4-9H,1-3H3,(H,19,22)(H,20,23). The first kappa shape index (κ1) is 19.6. The Kier molecular flexibility index (Phi) is 5.86. The molecule has 0 radical (unpaired) electrons. The van der Waals surface area contributed by atoms with Crippen LogP contribution in [0.15, 0.2) is 36.4 Å². The molecule has 0 saturated heterocycles. The third kappa shape index (κ3) is 4.46. The summed E-state index contributed by atoms with van der Waals surface area (Å²) in [4.78, 5) is 46.2. The summed E-state index contributed by atoms with van der Waals surface area (Å²) >= 11 is 0. The lowest BCUT2D eigenvalue weighted by Gasteiger charge is -2.10. The summed E-state index contributed by atoms with van der Waals surface area (Å²) in [5.41, 5.74) is 0.899. The van der Waals surface area contributed by atoms with Crippen LogP contribution in [0.3, 0.4) is 0 Å². The topological polar surface area (TPSA) is 128 Å². The number of nitro benzene ring substituents is 1. The summed E-state index contributed by atoms with van der Waals surface area (Å²) in [5, 5.41) is 16.2. The van der Waals surface area contributed by atoms with E-state index in [0.29, 0.717) is 16.8 Å². The second-order valence-corrected chi connectivity index (χ2v) is 5.58. The smallest absolute Gasteiger partial charge is 0.338 e. The van der Waals surface area contributed by atoms with Gasteiger partial charge in [0.25, 0.3) is 17.5 Å². The molecule has 0 fully saturated rings. The zero-order valence-corrected chi connectivity index (χ0v) is 14.9. The Morgan fingerprint density at radius 2 is 1.67 bits per heavy atom. The van der Waals surface area contributed by atoms with Crippen molar-refractivity contribution in [1.82, 2.24) is 5.32 Å². The van der Waals surface area contributed by atoms with Crippen LogP contribution in [0.4, 0.5) is 11.4 Å². The van der Waals surface area contributed by atoms with Crippen LogP contribution in [-0.4, -0.2) is 36.9 Å². The van der Waals surface area contributed by atoms with Gasteiger partial charge in [-0.05, 0) is 36.8 Å². The zero-order valence-electron chi connectivity index (χ0n) is 14.9. The lowest BCUT2D eigenvalue weighted by molar-refractivity contribution is -0.384. The van der Waals surface area contributed by atoms with Gasteiger partial charge in [-0.2, -0.15) is 0 Å². The predicted octanol–water partition coefficient (Wildman–Crippen LogP) is 2.30. The third-order valence-electron chi connectivity index (χ3n) is 3.78. The minimum Gasteiger partial charge on any atom is -0.465 e. The Bertz CT molecular complexity index is 939. The van der Waals surface area contributed by atoms with Crippen LogP contribution >= 0.6 is 0 Å². The molecule has 0 heterocycles. The molecular weight excluding hydrogens is 354 g/mol. The second-order valence-electron chi connectivity index (χ2n) is 5.58. The van der Waals surface area contributed by atoms with Crippen molar-refractivity contribution in [2.75, 3.05) is 19.5 Å². The first-order chi connectivity index (χ1) is 12.8. The van der Waals surface area contributed by atoms with Gasteiger partial charge in [0.05, 0.1) is 17.6 Å². The number of aryl methyl sites for hydroxylation is 1. The quantitative estimate of drug-likeness (QED) is 0.471. The summed E-state index contributed by atoms with van der Waals surface area (Å²) in [5.74, 6) is -1.70. The monoisotopic (exact) mass is 371 g/mol. The Morgan fingerprint density at radius 1 is 1.00 bits per heavy atom. The van der Waals surface area contributed by atoms with Crippen molar-refractivity contribution < 1.29 is 24.0 Å². The molecule has 2 aromatic carbocycles. The molecule has 2 amide bonds. The molecule has 9 nitrogen and oxygen atoms in total. The molecule has 0 unspecified atom stereocenters. The number of nitrogens with one attached hydrogen (secondary N) is 2. The Morgan fingerprint density at radius 3 is 2.22 bits per heavy atom. The molecule has 0 saturated carbocycles. The number of ether oxygens (including phenoxy) is 1. The van der Waals surface area contributed by atoms with E-state index in [1.807, 2.05) is 0 Å². The summed E-state index contributed by atoms with van der Waals surface area (Å²) < 4.78 is 4.56. The fourth-order valence-electron chi connectivity index (χ4n) is 2.37. The maximum Gasteiger partial charge on any atom is 0.338 e. The lowest BCUT2D eigenvalue weighted by Crippen LogP contribution is -2.18. The van der Waals surface area contributed by atoms with Crippen molar-refractivity contribution in [3.63, 3.8) is 0 Å². The van der Waals surface area contributed by atoms with E-state index in [9.17, 15) is 24.5 Å². The number of hydrogen-bond donors (Lipinski definition) is 2. The number of amides is 2. The molecule has 9 heteroatoms. The highest BCUT2D eigenvalue weighted by molar-refractivity contribution is 6.07. The highest BCUT2D eigenvalue weighted by Gasteiger charge is 2.19. The van der Waals surface area contributed by atoms with E-state index in [1.165, 1.54) is 19.2 Å². The van der Waals surface area contributed by atoms with Crippen LogP contribution in [-0.2, 0) is 4.74 Å². The fourth-order valence-corrected chi connectivity index (χ4v) is 2.37. The molecule has 27 heavy (non-hydrogen) atoms. The summed E-state index contributed by atoms with van der Waals surface area (Å²) in [6, 6.07) is 8.00. The largest absolute Gasteiger partial charge is 0.465 e. The van der Waals surface area contributed by atoms with Crippen molar-refractivity contribution >= 4 is 29.2 Å². The first-order valence-corrected chi connectivity index (χ1v) is 7.78. The average Bonchev–Trinajstić information content (AvgIpc) is 2.67. The molecule has 2 aromatic rings. The maximum absolute atomic E-state index is 12.5. The minimum atomic E-state index is -0.793. The Balaban J connectivity index is 2.35. The zero-order chi connectivity index (χ0) is 20.1. The molecule has 0 spiro atoms. The number of hydrogen-bond acceptors (Lipinski definition) is 6. The number of carbonyl (C=O) groups is 3. The van der Waals surface area contributed by atoms with Crippen molar-refractivity contribution in [1.29, 1.82) is 0 Å². The first-order valence-electron chi connectivity index (χ1n) is 7.78. The van der Waals surface area contributed by atoms with Gasteiger partial charge in [0, 0.05) is 36.0 Å². The molecule has 0 atom stereocenters. The van der Waals surface area contributed by atoms with Crippen molar-refractivity contribution in [3.8, 4) is 0 Å². The van der Waals surface area contributed by atoms with Crippen LogP contribution in [0.1, 0.15) is 36.6 Å². The van der Waals surface area contributed by atoms with Gasteiger partial charge in [-0.1, -0.05) is 0 Å². The molecular formula is C18H17N3O6. The van der Waals surface area contributed by atoms with Gasteiger partial charge >= 0.3 is 5.97 Å². The molecule has 2 rings (SSSR count). The van der Waals surface area contributed by atoms with E-state index in [-0.39, 0.29) is 17.0 Å². The molecule has 0 bridgehead atoms. The Labute approximate surface area is 154 Å². The van der Waals surface area contributed by atoms with Crippen molar-refractivity contribution in [2.45, 2.75) is 6.92 Å². The average molecular weight is 371 g/mol. The molecule has 0 aliphatic carbocycles. The molecule has 0 aliphatic heterocycles. The van der Waals surface area contributed by atoms with Crippen LogP contribution in [0.2, 0.25) is 0 Å². The molecule has 2 N–H and O–H groups in total. The van der Waals surface area contributed by atoms with E-state index < -0.39 is 22.5 Å². The Hall–Kier alpha value is -3.75. The highest BCUT2D eigenvalue weighted by atomic mass is 16.6. The second kappa shape index (κ2) is 8.09. The van der Waals surface area contributed by atoms with E-state index in [1.54, 1.807) is 19.1 Å². The SMILES string of the molecule is CNC(=O)c1ccc(NC(=O)c2cc(C(=O)OC)cc([N+](=O)[O-])c2)c(C)c1. The number of benzene rings is 2. The number of methoxy groups -OCH3 is 1. The number of rotatable bonds is 5. The van der Waals surface area contributed by atoms with E-state index in [0.717, 1.165) is 19.2 Å². The molecule has 0 aromatic heterocycles. The predicted molar refractivity (Wildman–Crippen MR) is 97.0 cm³/mol. The van der Waals surface area contributed by atoms with Gasteiger partial charge in [0.2, 0.25) is 0 Å². The number of anilines is 1. The number of nitrogens with zero attached hydrogens (tertiary/aromatic N) is 1. The normalized spacial score (nSPS) is 10.0. The third-order valence-corrected chi connectivity index (χ3v) is 3.78. The number of non-ortho nitro benzene ring substituents is 1. The van der Waals surface area contributed by atoms with E-state index in [2.05, 4.69) is 15.4 Å². The molecule has 0 aliphatic rings. The lowest BCUT2D eigenvalue weighted by atomic mass is 10.1. The fraction of sp³-hybridized carbons (Fsp3) is 0.167. The highest BCUT2D eigenvalue weighted by Crippen LogP contribution is 2.21. The van der Waals surface area contributed by atoms with Crippen LogP contribution in [0.5, 0.6) is 0 Å². The minimum absolute atomic E-state index is 0.0700. The summed E-state index contributed by atoms with van der Waals surface area (Å²) in [6.07, 6.45) is 0. The van der Waals surface area contributed by atoms with Crippen LogP contribution in [0, 0.1) is 17.0 Å². The van der Waals surface area contributed by atoms with Gasteiger partial charge in [-0.3, -0.25) is 19.7 Å².